The molecule has 2 rings (SSSR count). The molecule has 0 radical (unpaired) electrons. The Balaban J connectivity index is 2.11. The van der Waals surface area contributed by atoms with Gasteiger partial charge in [-0.25, -0.2) is 8.51 Å². The summed E-state index contributed by atoms with van der Waals surface area (Å²) in [5.74, 6) is 0.481. The predicted molar refractivity (Wildman–Crippen MR) is 76.0 cm³/mol. The number of hydrogen-bond acceptors (Lipinski definition) is 2. The minimum Gasteiger partial charge on any atom is -0.304 e. The quantitative estimate of drug-likeness (QED) is 0.836. The van der Waals surface area contributed by atoms with E-state index in [2.05, 4.69) is 42.2 Å². The molecule has 0 spiro atoms. The highest BCUT2D eigenvalue weighted by Crippen LogP contribution is 2.19. The number of rotatable bonds is 3. The topological polar surface area (TPSA) is 23.6 Å². The highest BCUT2D eigenvalue weighted by molar-refractivity contribution is 7.82. The van der Waals surface area contributed by atoms with Crippen LogP contribution in [0.15, 0.2) is 29.2 Å². The number of piperazine rings is 1. The van der Waals surface area contributed by atoms with Crippen LogP contribution in [0.4, 0.5) is 0 Å². The molecule has 1 aromatic carbocycles. The van der Waals surface area contributed by atoms with E-state index < -0.39 is 11.0 Å². The van der Waals surface area contributed by atoms with Gasteiger partial charge in [-0.1, -0.05) is 26.0 Å². The summed E-state index contributed by atoms with van der Waals surface area (Å²) >= 11 is 0. The Bertz CT molecular complexity index is 426. The van der Waals surface area contributed by atoms with Gasteiger partial charge in [0, 0.05) is 26.2 Å². The normalized spacial score (nSPS) is 20.2. The average Bonchev–Trinajstić information content (AvgIpc) is 2.39. The van der Waals surface area contributed by atoms with E-state index in [0.717, 1.165) is 31.1 Å². The van der Waals surface area contributed by atoms with Gasteiger partial charge in [0.2, 0.25) is 0 Å². The Morgan fingerprint density at radius 2 is 1.83 bits per heavy atom. The van der Waals surface area contributed by atoms with Gasteiger partial charge in [-0.15, -0.1) is 0 Å². The van der Waals surface area contributed by atoms with Crippen LogP contribution in [0.3, 0.4) is 0 Å². The molecule has 0 amide bonds. The fourth-order valence-electron chi connectivity index (χ4n) is 2.09. The van der Waals surface area contributed by atoms with Crippen molar-refractivity contribution in [2.45, 2.75) is 24.7 Å². The highest BCUT2D eigenvalue weighted by Gasteiger charge is 2.20. The van der Waals surface area contributed by atoms with Crippen molar-refractivity contribution >= 4 is 11.0 Å². The summed E-state index contributed by atoms with van der Waals surface area (Å²) in [6.45, 7) is 8.09. The van der Waals surface area contributed by atoms with E-state index >= 15 is 0 Å². The van der Waals surface area contributed by atoms with Crippen molar-refractivity contribution in [1.29, 1.82) is 0 Å². The maximum atomic E-state index is 12.5. The lowest BCUT2D eigenvalue weighted by Crippen LogP contribution is -2.45. The third kappa shape index (κ3) is 3.19. The standard InChI is InChI=1S/C14H22N2OS/c1-12(2)13-5-4-6-14(11-13)18(17)16-9-7-15(3)8-10-16/h4-6,11-12H,7-10H2,1-3H3. The summed E-state index contributed by atoms with van der Waals surface area (Å²) in [6.07, 6.45) is 0. The van der Waals surface area contributed by atoms with E-state index in [1.165, 1.54) is 5.56 Å². The predicted octanol–water partition coefficient (Wildman–Crippen LogP) is 2.08. The van der Waals surface area contributed by atoms with Gasteiger partial charge < -0.3 is 4.90 Å². The molecule has 0 bridgehead atoms. The zero-order valence-corrected chi connectivity index (χ0v) is 12.2. The van der Waals surface area contributed by atoms with Crippen LogP contribution in [0.1, 0.15) is 25.3 Å². The van der Waals surface area contributed by atoms with Gasteiger partial charge >= 0.3 is 0 Å². The molecule has 1 atom stereocenters. The van der Waals surface area contributed by atoms with Crippen LogP contribution in [0.2, 0.25) is 0 Å². The summed E-state index contributed by atoms with van der Waals surface area (Å²) < 4.78 is 14.6. The number of hydrogen-bond donors (Lipinski definition) is 0. The molecule has 1 fully saturated rings. The Hall–Kier alpha value is -0.710. The Labute approximate surface area is 112 Å². The maximum Gasteiger partial charge on any atom is 0.127 e. The van der Waals surface area contributed by atoms with Crippen molar-refractivity contribution in [1.82, 2.24) is 9.21 Å². The van der Waals surface area contributed by atoms with Crippen LogP contribution in [-0.4, -0.2) is 46.6 Å². The first-order chi connectivity index (χ1) is 8.58. The molecular formula is C14H22N2OS. The molecule has 1 aliphatic rings. The second kappa shape index (κ2) is 5.95. The van der Waals surface area contributed by atoms with Gasteiger partial charge in [-0.2, -0.15) is 0 Å². The van der Waals surface area contributed by atoms with E-state index in [9.17, 15) is 4.21 Å². The van der Waals surface area contributed by atoms with E-state index in [1.807, 2.05) is 12.1 Å². The summed E-state index contributed by atoms with van der Waals surface area (Å²) in [5, 5.41) is 0. The Morgan fingerprint density at radius 1 is 1.17 bits per heavy atom. The zero-order chi connectivity index (χ0) is 13.1. The maximum absolute atomic E-state index is 12.5. The molecule has 3 nitrogen and oxygen atoms in total. The van der Waals surface area contributed by atoms with Crippen molar-refractivity contribution in [2.24, 2.45) is 0 Å². The average molecular weight is 266 g/mol. The molecule has 0 N–H and O–H groups in total. The number of benzene rings is 1. The molecule has 1 saturated heterocycles. The summed E-state index contributed by atoms with van der Waals surface area (Å²) in [5.41, 5.74) is 1.26. The molecule has 1 heterocycles. The van der Waals surface area contributed by atoms with Crippen LogP contribution < -0.4 is 0 Å². The van der Waals surface area contributed by atoms with Crippen LogP contribution in [0, 0.1) is 0 Å². The van der Waals surface area contributed by atoms with E-state index in [0.29, 0.717) is 5.92 Å². The summed E-state index contributed by atoms with van der Waals surface area (Å²) in [6, 6.07) is 8.17. The first-order valence-corrected chi connectivity index (χ1v) is 7.64. The van der Waals surface area contributed by atoms with Gasteiger partial charge in [-0.05, 0) is 30.7 Å². The van der Waals surface area contributed by atoms with E-state index in [4.69, 9.17) is 0 Å². The molecular weight excluding hydrogens is 244 g/mol. The largest absolute Gasteiger partial charge is 0.304 e. The number of likely N-dealkylation sites (N-methyl/N-ethyl adjacent to an activating group) is 1. The Kier molecular flexibility index (Phi) is 4.54. The lowest BCUT2D eigenvalue weighted by Gasteiger charge is -2.31. The molecule has 1 aromatic rings. The molecule has 0 aliphatic carbocycles. The first kappa shape index (κ1) is 13.7. The van der Waals surface area contributed by atoms with Gasteiger partial charge in [0.25, 0.3) is 0 Å². The minimum atomic E-state index is -1.00. The minimum absolute atomic E-state index is 0.481. The first-order valence-electron chi connectivity index (χ1n) is 6.53. The molecule has 1 aliphatic heterocycles. The van der Waals surface area contributed by atoms with Crippen LogP contribution in [-0.2, 0) is 11.0 Å². The smallest absolute Gasteiger partial charge is 0.127 e. The van der Waals surface area contributed by atoms with Gasteiger partial charge in [0.1, 0.15) is 11.0 Å². The SMILES string of the molecule is CC(C)c1cccc(S(=O)N2CCN(C)CC2)c1. The molecule has 18 heavy (non-hydrogen) atoms. The number of nitrogens with zero attached hydrogens (tertiary/aromatic N) is 2. The monoisotopic (exact) mass is 266 g/mol. The van der Waals surface area contributed by atoms with Crippen molar-refractivity contribution < 1.29 is 4.21 Å². The van der Waals surface area contributed by atoms with Crippen LogP contribution in [0.25, 0.3) is 0 Å². The van der Waals surface area contributed by atoms with E-state index in [-0.39, 0.29) is 0 Å². The molecule has 0 aromatic heterocycles. The lowest BCUT2D eigenvalue weighted by atomic mass is 10.0. The van der Waals surface area contributed by atoms with Crippen molar-refractivity contribution in [3.8, 4) is 0 Å². The van der Waals surface area contributed by atoms with Gasteiger partial charge in [0.05, 0.1) is 4.90 Å². The molecule has 1 unspecified atom stereocenters. The van der Waals surface area contributed by atoms with E-state index in [1.54, 1.807) is 0 Å². The summed E-state index contributed by atoms with van der Waals surface area (Å²) in [7, 11) is 1.11. The van der Waals surface area contributed by atoms with Crippen molar-refractivity contribution in [2.75, 3.05) is 33.2 Å². The molecule has 4 heteroatoms. The Morgan fingerprint density at radius 3 is 2.44 bits per heavy atom. The summed E-state index contributed by atoms with van der Waals surface area (Å²) in [4.78, 5) is 3.21. The van der Waals surface area contributed by atoms with Gasteiger partial charge in [-0.3, -0.25) is 0 Å². The zero-order valence-electron chi connectivity index (χ0n) is 11.4. The third-order valence-corrected chi connectivity index (χ3v) is 4.91. The highest BCUT2D eigenvalue weighted by atomic mass is 32.2. The molecule has 0 saturated carbocycles. The van der Waals surface area contributed by atoms with Crippen molar-refractivity contribution in [3.63, 3.8) is 0 Å². The van der Waals surface area contributed by atoms with Crippen LogP contribution in [0.5, 0.6) is 0 Å². The second-order valence-corrected chi connectivity index (χ2v) is 6.69. The third-order valence-electron chi connectivity index (χ3n) is 3.42. The van der Waals surface area contributed by atoms with Crippen LogP contribution >= 0.6 is 0 Å². The fourth-order valence-corrected chi connectivity index (χ4v) is 3.31. The molecule has 100 valence electrons. The second-order valence-electron chi connectivity index (χ2n) is 5.21. The lowest BCUT2D eigenvalue weighted by molar-refractivity contribution is 0.228. The van der Waals surface area contributed by atoms with Gasteiger partial charge in [0.15, 0.2) is 0 Å². The van der Waals surface area contributed by atoms with Crippen molar-refractivity contribution in [3.05, 3.63) is 29.8 Å². The fraction of sp³-hybridized carbons (Fsp3) is 0.571.